The standard InChI is InChI=1S/C17H18BrFIN/c1-3-9-21-17(13-6-4-5-11(2)16(13)20)14-10-12(18)7-8-15(14)19/h4-8,10,17,21H,3,9H2,1-2H3. The van der Waals surface area contributed by atoms with Crippen LogP contribution in [0.3, 0.4) is 0 Å². The predicted molar refractivity (Wildman–Crippen MR) is 98.1 cm³/mol. The van der Waals surface area contributed by atoms with Crippen LogP contribution in [0.4, 0.5) is 4.39 Å². The minimum Gasteiger partial charge on any atom is -0.306 e. The Balaban J connectivity index is 2.52. The lowest BCUT2D eigenvalue weighted by atomic mass is 9.96. The molecule has 2 aromatic rings. The highest BCUT2D eigenvalue weighted by atomic mass is 127. The molecule has 0 fully saturated rings. The second kappa shape index (κ2) is 7.70. The van der Waals surface area contributed by atoms with Gasteiger partial charge in [-0.15, -0.1) is 0 Å². The van der Waals surface area contributed by atoms with Gasteiger partial charge in [-0.2, -0.15) is 0 Å². The summed E-state index contributed by atoms with van der Waals surface area (Å²) in [6, 6.07) is 11.2. The quantitative estimate of drug-likeness (QED) is 0.572. The van der Waals surface area contributed by atoms with Gasteiger partial charge in [-0.1, -0.05) is 41.1 Å². The van der Waals surface area contributed by atoms with Crippen LogP contribution in [0, 0.1) is 16.3 Å². The topological polar surface area (TPSA) is 12.0 Å². The van der Waals surface area contributed by atoms with Crippen molar-refractivity contribution in [2.45, 2.75) is 26.3 Å². The molecule has 0 heterocycles. The minimum absolute atomic E-state index is 0.130. The Morgan fingerprint density at radius 3 is 2.71 bits per heavy atom. The van der Waals surface area contributed by atoms with E-state index in [1.54, 1.807) is 6.07 Å². The van der Waals surface area contributed by atoms with Crippen LogP contribution in [-0.2, 0) is 0 Å². The van der Waals surface area contributed by atoms with Gasteiger partial charge in [0.25, 0.3) is 0 Å². The van der Waals surface area contributed by atoms with Crippen molar-refractivity contribution in [3.8, 4) is 0 Å². The summed E-state index contributed by atoms with van der Waals surface area (Å²) in [5.74, 6) is -0.177. The molecule has 1 N–H and O–H groups in total. The molecule has 0 aliphatic heterocycles. The Morgan fingerprint density at radius 2 is 2.00 bits per heavy atom. The van der Waals surface area contributed by atoms with Gasteiger partial charge >= 0.3 is 0 Å². The van der Waals surface area contributed by atoms with Gasteiger partial charge in [-0.3, -0.25) is 0 Å². The van der Waals surface area contributed by atoms with Crippen LogP contribution in [-0.4, -0.2) is 6.54 Å². The molecule has 2 aromatic carbocycles. The number of hydrogen-bond donors (Lipinski definition) is 1. The number of nitrogens with one attached hydrogen (secondary N) is 1. The maximum Gasteiger partial charge on any atom is 0.128 e. The summed E-state index contributed by atoms with van der Waals surface area (Å²) in [5, 5.41) is 3.47. The summed E-state index contributed by atoms with van der Waals surface area (Å²) in [4.78, 5) is 0. The normalized spacial score (nSPS) is 12.4. The first kappa shape index (κ1) is 16.9. The summed E-state index contributed by atoms with van der Waals surface area (Å²) < 4.78 is 16.4. The van der Waals surface area contributed by atoms with Crippen molar-refractivity contribution in [2.24, 2.45) is 0 Å². The first-order valence-corrected chi connectivity index (χ1v) is 8.85. The van der Waals surface area contributed by atoms with Gasteiger partial charge in [0.1, 0.15) is 5.82 Å². The van der Waals surface area contributed by atoms with E-state index in [0.29, 0.717) is 5.56 Å². The zero-order valence-electron chi connectivity index (χ0n) is 12.1. The third-order valence-electron chi connectivity index (χ3n) is 3.40. The van der Waals surface area contributed by atoms with E-state index < -0.39 is 0 Å². The molecule has 4 heteroatoms. The van der Waals surface area contributed by atoms with Crippen LogP contribution in [0.15, 0.2) is 40.9 Å². The maximum absolute atomic E-state index is 14.3. The largest absolute Gasteiger partial charge is 0.306 e. The van der Waals surface area contributed by atoms with Gasteiger partial charge in [0.05, 0.1) is 6.04 Å². The Morgan fingerprint density at radius 1 is 1.24 bits per heavy atom. The van der Waals surface area contributed by atoms with Crippen molar-refractivity contribution < 1.29 is 4.39 Å². The summed E-state index contributed by atoms with van der Waals surface area (Å²) in [5.41, 5.74) is 3.02. The SMILES string of the molecule is CCCNC(c1cc(Br)ccc1F)c1cccc(C)c1I. The molecular weight excluding hydrogens is 444 g/mol. The van der Waals surface area contributed by atoms with E-state index in [2.05, 4.69) is 69.8 Å². The molecule has 0 aromatic heterocycles. The number of rotatable bonds is 5. The fourth-order valence-electron chi connectivity index (χ4n) is 2.31. The molecule has 21 heavy (non-hydrogen) atoms. The minimum atomic E-state index is -0.177. The third kappa shape index (κ3) is 4.05. The highest BCUT2D eigenvalue weighted by molar-refractivity contribution is 14.1. The molecule has 0 saturated heterocycles. The lowest BCUT2D eigenvalue weighted by Gasteiger charge is -2.22. The molecule has 0 aliphatic carbocycles. The predicted octanol–water partition coefficient (Wildman–Crippen LogP) is 5.59. The first-order chi connectivity index (χ1) is 10.0. The average Bonchev–Trinajstić information content (AvgIpc) is 2.47. The van der Waals surface area contributed by atoms with E-state index in [0.717, 1.165) is 23.0 Å². The van der Waals surface area contributed by atoms with Gasteiger partial charge in [0.2, 0.25) is 0 Å². The van der Waals surface area contributed by atoms with Crippen molar-refractivity contribution in [2.75, 3.05) is 6.54 Å². The van der Waals surface area contributed by atoms with E-state index >= 15 is 0 Å². The summed E-state index contributed by atoms with van der Waals surface area (Å²) in [7, 11) is 0. The number of halogens is 3. The van der Waals surface area contributed by atoms with Crippen LogP contribution in [0.1, 0.15) is 36.1 Å². The van der Waals surface area contributed by atoms with Crippen molar-refractivity contribution in [1.82, 2.24) is 5.32 Å². The zero-order valence-corrected chi connectivity index (χ0v) is 15.8. The molecule has 0 bridgehead atoms. The highest BCUT2D eigenvalue weighted by Gasteiger charge is 2.20. The van der Waals surface area contributed by atoms with E-state index in [1.807, 2.05) is 12.1 Å². The lowest BCUT2D eigenvalue weighted by molar-refractivity contribution is 0.545. The number of benzene rings is 2. The van der Waals surface area contributed by atoms with Crippen LogP contribution < -0.4 is 5.32 Å². The molecule has 0 radical (unpaired) electrons. The van der Waals surface area contributed by atoms with Crippen molar-refractivity contribution in [3.63, 3.8) is 0 Å². The van der Waals surface area contributed by atoms with Crippen LogP contribution in [0.25, 0.3) is 0 Å². The Kier molecular flexibility index (Phi) is 6.20. The lowest BCUT2D eigenvalue weighted by Crippen LogP contribution is -2.25. The maximum atomic E-state index is 14.3. The fourth-order valence-corrected chi connectivity index (χ4v) is 3.35. The molecule has 0 spiro atoms. The molecule has 0 aliphatic rings. The third-order valence-corrected chi connectivity index (χ3v) is 5.37. The Labute approximate surface area is 147 Å². The first-order valence-electron chi connectivity index (χ1n) is 6.98. The van der Waals surface area contributed by atoms with Crippen molar-refractivity contribution >= 4 is 38.5 Å². The molecule has 112 valence electrons. The molecule has 1 unspecified atom stereocenters. The fraction of sp³-hybridized carbons (Fsp3) is 0.294. The smallest absolute Gasteiger partial charge is 0.128 e. The van der Waals surface area contributed by atoms with Gasteiger partial charge in [0.15, 0.2) is 0 Å². The Hall–Kier alpha value is -0.460. The summed E-state index contributed by atoms with van der Waals surface area (Å²) in [6.45, 7) is 5.04. The van der Waals surface area contributed by atoms with E-state index in [1.165, 1.54) is 15.2 Å². The van der Waals surface area contributed by atoms with Crippen molar-refractivity contribution in [3.05, 3.63) is 66.9 Å². The van der Waals surface area contributed by atoms with Crippen LogP contribution in [0.5, 0.6) is 0 Å². The second-order valence-corrected chi connectivity index (χ2v) is 7.03. The second-order valence-electron chi connectivity index (χ2n) is 5.03. The Bertz CT molecular complexity index is 628. The number of hydrogen-bond acceptors (Lipinski definition) is 1. The van der Waals surface area contributed by atoms with Crippen LogP contribution in [0.2, 0.25) is 0 Å². The van der Waals surface area contributed by atoms with Gasteiger partial charge in [-0.25, -0.2) is 4.39 Å². The molecule has 2 rings (SSSR count). The zero-order chi connectivity index (χ0) is 15.4. The van der Waals surface area contributed by atoms with Gasteiger partial charge in [-0.05, 0) is 71.8 Å². The van der Waals surface area contributed by atoms with E-state index in [9.17, 15) is 4.39 Å². The molecule has 1 nitrogen and oxygen atoms in total. The molecule has 1 atom stereocenters. The highest BCUT2D eigenvalue weighted by Crippen LogP contribution is 2.31. The molecule has 0 amide bonds. The average molecular weight is 462 g/mol. The van der Waals surface area contributed by atoms with Crippen molar-refractivity contribution in [1.29, 1.82) is 0 Å². The van der Waals surface area contributed by atoms with Crippen LogP contribution >= 0.6 is 38.5 Å². The molecule has 0 saturated carbocycles. The van der Waals surface area contributed by atoms with Gasteiger partial charge in [0, 0.05) is 13.6 Å². The summed E-state index contributed by atoms with van der Waals surface area (Å²) >= 11 is 5.79. The monoisotopic (exact) mass is 461 g/mol. The van der Waals surface area contributed by atoms with E-state index in [4.69, 9.17) is 0 Å². The molecular formula is C17H18BrFIN. The van der Waals surface area contributed by atoms with Gasteiger partial charge < -0.3 is 5.32 Å². The van der Waals surface area contributed by atoms with E-state index in [-0.39, 0.29) is 11.9 Å². The number of aryl methyl sites for hydroxylation is 1. The summed E-state index contributed by atoms with van der Waals surface area (Å²) in [6.07, 6.45) is 1.01.